The molecule has 2 atom stereocenters. The smallest absolute Gasteiger partial charge is 0.223 e. The third-order valence-electron chi connectivity index (χ3n) is 4.64. The molecule has 134 valence electrons. The van der Waals surface area contributed by atoms with Gasteiger partial charge in [0.1, 0.15) is 11.6 Å². The van der Waals surface area contributed by atoms with Crippen LogP contribution in [0.15, 0.2) is 24.4 Å². The van der Waals surface area contributed by atoms with E-state index in [4.69, 9.17) is 0 Å². The molecule has 1 N–H and O–H groups in total. The molecule has 1 aliphatic heterocycles. The van der Waals surface area contributed by atoms with Gasteiger partial charge in [0.25, 0.3) is 0 Å². The number of aryl methyl sites for hydroxylation is 3. The topological polar surface area (TPSA) is 58.4 Å². The number of hydrogen-bond donors (Lipinski definition) is 1. The van der Waals surface area contributed by atoms with E-state index >= 15 is 0 Å². The SMILES string of the molecule is Cc1nn(C)cc1CCC(=O)N1CC(O)CC1c1cc(F)ccc1F. The van der Waals surface area contributed by atoms with E-state index in [1.54, 1.807) is 4.68 Å². The van der Waals surface area contributed by atoms with Crippen LogP contribution in [0.2, 0.25) is 0 Å². The van der Waals surface area contributed by atoms with Crippen LogP contribution in [0.5, 0.6) is 0 Å². The molecule has 7 heteroatoms. The molecule has 0 bridgehead atoms. The number of aromatic nitrogens is 2. The van der Waals surface area contributed by atoms with Gasteiger partial charge in [-0.2, -0.15) is 5.10 Å². The summed E-state index contributed by atoms with van der Waals surface area (Å²) in [4.78, 5) is 14.1. The average molecular weight is 349 g/mol. The van der Waals surface area contributed by atoms with Crippen molar-refractivity contribution in [1.82, 2.24) is 14.7 Å². The molecule has 1 aromatic carbocycles. The number of halogens is 2. The highest BCUT2D eigenvalue weighted by Gasteiger charge is 2.36. The molecule has 1 saturated heterocycles. The number of benzene rings is 1. The number of carbonyl (C=O) groups is 1. The Morgan fingerprint density at radius 3 is 2.84 bits per heavy atom. The number of hydrogen-bond acceptors (Lipinski definition) is 3. The fourth-order valence-corrected chi connectivity index (χ4v) is 3.43. The molecule has 1 aromatic heterocycles. The number of β-amino-alcohol motifs (C(OH)–C–C–N with tert-alkyl or cyclic N) is 1. The van der Waals surface area contributed by atoms with E-state index in [-0.39, 0.29) is 30.9 Å². The predicted octanol–water partition coefficient (Wildman–Crippen LogP) is 2.27. The second-order valence-electron chi connectivity index (χ2n) is 6.53. The summed E-state index contributed by atoms with van der Waals surface area (Å²) in [5.74, 6) is -1.31. The minimum absolute atomic E-state index is 0.113. The molecule has 25 heavy (non-hydrogen) atoms. The molecule has 0 spiro atoms. The minimum atomic E-state index is -0.739. The van der Waals surface area contributed by atoms with Gasteiger partial charge in [-0.3, -0.25) is 9.48 Å². The van der Waals surface area contributed by atoms with Gasteiger partial charge in [-0.15, -0.1) is 0 Å². The number of aliphatic hydroxyl groups excluding tert-OH is 1. The Labute approximate surface area is 144 Å². The lowest BCUT2D eigenvalue weighted by atomic mass is 10.0. The van der Waals surface area contributed by atoms with Gasteiger partial charge in [0, 0.05) is 31.8 Å². The first-order chi connectivity index (χ1) is 11.8. The van der Waals surface area contributed by atoms with Crippen molar-refractivity contribution >= 4 is 5.91 Å². The summed E-state index contributed by atoms with van der Waals surface area (Å²) < 4.78 is 29.3. The van der Waals surface area contributed by atoms with E-state index in [0.29, 0.717) is 6.42 Å². The van der Waals surface area contributed by atoms with Crippen molar-refractivity contribution in [3.8, 4) is 0 Å². The molecule has 3 rings (SSSR count). The molecule has 1 fully saturated rings. The number of amides is 1. The van der Waals surface area contributed by atoms with E-state index in [1.807, 2.05) is 20.2 Å². The molecule has 2 heterocycles. The highest BCUT2D eigenvalue weighted by molar-refractivity contribution is 5.77. The Balaban J connectivity index is 1.75. The maximum Gasteiger partial charge on any atom is 0.223 e. The molecule has 2 aromatic rings. The van der Waals surface area contributed by atoms with Gasteiger partial charge in [0.05, 0.1) is 17.8 Å². The number of carbonyl (C=O) groups excluding carboxylic acids is 1. The second kappa shape index (κ2) is 6.92. The molecule has 2 unspecified atom stereocenters. The Hall–Kier alpha value is -2.28. The van der Waals surface area contributed by atoms with E-state index in [0.717, 1.165) is 29.5 Å². The third kappa shape index (κ3) is 3.71. The lowest BCUT2D eigenvalue weighted by molar-refractivity contribution is -0.132. The van der Waals surface area contributed by atoms with Crippen LogP contribution >= 0.6 is 0 Å². The maximum absolute atomic E-state index is 14.1. The Bertz CT molecular complexity index is 791. The standard InChI is InChI=1S/C18H21F2N3O2/c1-11-12(9-22(2)21-11)3-6-18(25)23-10-14(24)8-17(23)15-7-13(19)4-5-16(15)20/h4-5,7,9,14,17,24H,3,6,8,10H2,1-2H3. The Kier molecular flexibility index (Phi) is 4.85. The summed E-state index contributed by atoms with van der Waals surface area (Å²) >= 11 is 0. The minimum Gasteiger partial charge on any atom is -0.391 e. The number of aliphatic hydroxyl groups is 1. The zero-order chi connectivity index (χ0) is 18.1. The van der Waals surface area contributed by atoms with Crippen molar-refractivity contribution in [1.29, 1.82) is 0 Å². The lowest BCUT2D eigenvalue weighted by Gasteiger charge is -2.25. The van der Waals surface area contributed by atoms with Gasteiger partial charge < -0.3 is 10.0 Å². The largest absolute Gasteiger partial charge is 0.391 e. The van der Waals surface area contributed by atoms with Crippen LogP contribution in [0, 0.1) is 18.6 Å². The summed E-state index contributed by atoms with van der Waals surface area (Å²) in [5, 5.41) is 14.2. The maximum atomic E-state index is 14.1. The van der Waals surface area contributed by atoms with Crippen molar-refractivity contribution < 1.29 is 18.7 Å². The van der Waals surface area contributed by atoms with Crippen LogP contribution in [0.3, 0.4) is 0 Å². The van der Waals surface area contributed by atoms with Crippen molar-refractivity contribution in [3.05, 3.63) is 52.9 Å². The molecule has 5 nitrogen and oxygen atoms in total. The molecule has 1 aliphatic rings. The van der Waals surface area contributed by atoms with E-state index in [2.05, 4.69) is 5.10 Å². The average Bonchev–Trinajstić information content (AvgIpc) is 3.09. The van der Waals surface area contributed by atoms with Crippen molar-refractivity contribution in [2.45, 2.75) is 38.3 Å². The predicted molar refractivity (Wildman–Crippen MR) is 87.7 cm³/mol. The summed E-state index contributed by atoms with van der Waals surface area (Å²) in [6.45, 7) is 2.01. The molecule has 1 amide bonds. The molecule has 0 radical (unpaired) electrons. The van der Waals surface area contributed by atoms with Crippen LogP contribution in [0.1, 0.15) is 35.7 Å². The first kappa shape index (κ1) is 17.5. The van der Waals surface area contributed by atoms with Gasteiger partial charge in [0.15, 0.2) is 0 Å². The number of likely N-dealkylation sites (tertiary alicyclic amines) is 1. The quantitative estimate of drug-likeness (QED) is 0.921. The zero-order valence-corrected chi connectivity index (χ0v) is 14.2. The van der Waals surface area contributed by atoms with Gasteiger partial charge in [-0.25, -0.2) is 8.78 Å². The summed E-state index contributed by atoms with van der Waals surface area (Å²) in [6.07, 6.45) is 2.08. The van der Waals surface area contributed by atoms with Crippen molar-refractivity contribution in [2.24, 2.45) is 7.05 Å². The van der Waals surface area contributed by atoms with Gasteiger partial charge in [0.2, 0.25) is 5.91 Å². The fourth-order valence-electron chi connectivity index (χ4n) is 3.43. The molecule has 0 aliphatic carbocycles. The Morgan fingerprint density at radius 1 is 1.40 bits per heavy atom. The molecular weight excluding hydrogens is 328 g/mol. The Morgan fingerprint density at radius 2 is 2.16 bits per heavy atom. The summed E-state index contributed by atoms with van der Waals surface area (Å²) in [6, 6.07) is 2.55. The summed E-state index contributed by atoms with van der Waals surface area (Å²) in [7, 11) is 1.82. The van der Waals surface area contributed by atoms with Gasteiger partial charge in [-0.05, 0) is 43.5 Å². The van der Waals surface area contributed by atoms with Crippen molar-refractivity contribution in [3.63, 3.8) is 0 Å². The number of rotatable bonds is 4. The highest BCUT2D eigenvalue weighted by atomic mass is 19.1. The van der Waals surface area contributed by atoms with Gasteiger partial charge >= 0.3 is 0 Å². The second-order valence-corrected chi connectivity index (χ2v) is 6.53. The van der Waals surface area contributed by atoms with E-state index < -0.39 is 23.8 Å². The summed E-state index contributed by atoms with van der Waals surface area (Å²) in [5.41, 5.74) is 1.95. The van der Waals surface area contributed by atoms with Crippen LogP contribution in [0.4, 0.5) is 8.78 Å². The van der Waals surface area contributed by atoms with Crippen LogP contribution in [0.25, 0.3) is 0 Å². The van der Waals surface area contributed by atoms with Crippen LogP contribution in [-0.2, 0) is 18.3 Å². The normalized spacial score (nSPS) is 20.3. The number of nitrogens with zero attached hydrogens (tertiary/aromatic N) is 3. The van der Waals surface area contributed by atoms with Gasteiger partial charge in [-0.1, -0.05) is 0 Å². The molecular formula is C18H21F2N3O2. The van der Waals surface area contributed by atoms with Crippen LogP contribution < -0.4 is 0 Å². The highest BCUT2D eigenvalue weighted by Crippen LogP contribution is 2.34. The monoisotopic (exact) mass is 349 g/mol. The van der Waals surface area contributed by atoms with E-state index in [9.17, 15) is 18.7 Å². The first-order valence-corrected chi connectivity index (χ1v) is 8.26. The van der Waals surface area contributed by atoms with Crippen LogP contribution in [-0.4, -0.2) is 38.3 Å². The lowest BCUT2D eigenvalue weighted by Crippen LogP contribution is -2.32. The fraction of sp³-hybridized carbons (Fsp3) is 0.444. The molecule has 0 saturated carbocycles. The third-order valence-corrected chi connectivity index (χ3v) is 4.64. The van der Waals surface area contributed by atoms with Crippen molar-refractivity contribution in [2.75, 3.05) is 6.54 Å². The first-order valence-electron chi connectivity index (χ1n) is 8.26. The zero-order valence-electron chi connectivity index (χ0n) is 14.2. The van der Waals surface area contributed by atoms with E-state index in [1.165, 1.54) is 4.90 Å².